The number of aromatic amines is 1. The zero-order valence-corrected chi connectivity index (χ0v) is 21.6. The van der Waals surface area contributed by atoms with Crippen LogP contribution in [0.3, 0.4) is 0 Å². The zero-order chi connectivity index (χ0) is 27.9. The lowest BCUT2D eigenvalue weighted by Crippen LogP contribution is -2.23. The molecule has 0 saturated heterocycles. The van der Waals surface area contributed by atoms with Gasteiger partial charge in [0, 0.05) is 36.3 Å². The normalized spacial score (nSPS) is 11.8. The maximum atomic E-state index is 13.9. The molecule has 38 heavy (non-hydrogen) atoms. The van der Waals surface area contributed by atoms with Gasteiger partial charge in [0.25, 0.3) is 17.9 Å². The molecule has 3 N–H and O–H groups in total. The van der Waals surface area contributed by atoms with E-state index in [1.54, 1.807) is 39.1 Å². The number of carbonyl (C=O) groups is 1. The Labute approximate surface area is 216 Å². The molecule has 0 unspecified atom stereocenters. The monoisotopic (exact) mass is 527 g/mol. The van der Waals surface area contributed by atoms with Crippen molar-refractivity contribution in [2.24, 2.45) is 7.05 Å². The fraction of sp³-hybridized carbons (Fsp3) is 0.286. The molecule has 200 valence electrons. The first-order valence-electron chi connectivity index (χ1n) is 12.0. The van der Waals surface area contributed by atoms with E-state index < -0.39 is 29.3 Å². The Bertz CT molecular complexity index is 1600. The number of amides is 1. The number of carbonyl (C=O) groups excluding carboxylic acids is 1. The van der Waals surface area contributed by atoms with E-state index in [0.29, 0.717) is 28.6 Å². The van der Waals surface area contributed by atoms with Gasteiger partial charge in [-0.2, -0.15) is 0 Å². The first kappa shape index (κ1) is 27.0. The number of pyridine rings is 1. The molecule has 0 radical (unpaired) electrons. The highest BCUT2D eigenvalue weighted by atomic mass is 19.3. The standard InChI is InChI=1S/C28H28F3N3O4/c1-6-32-26(35)21-12-18-20(13-34(5)27(36)23(18)33-21)17-10-15(28(3,4)37)7-8-22(17)38-24-14(2)9-16(29)11-19(24)25(30)31/h7-13,25,33,37H,6H2,1-5H3,(H,32,35). The molecule has 0 saturated carbocycles. The third-order valence-electron chi connectivity index (χ3n) is 6.24. The molecular weight excluding hydrogens is 499 g/mol. The number of ether oxygens (including phenoxy) is 1. The number of hydrogen-bond acceptors (Lipinski definition) is 4. The van der Waals surface area contributed by atoms with Crippen LogP contribution in [-0.4, -0.2) is 27.1 Å². The first-order valence-corrected chi connectivity index (χ1v) is 12.0. The van der Waals surface area contributed by atoms with E-state index in [1.807, 2.05) is 0 Å². The highest BCUT2D eigenvalue weighted by Crippen LogP contribution is 2.42. The molecule has 2 aromatic heterocycles. The fourth-order valence-electron chi connectivity index (χ4n) is 4.30. The van der Waals surface area contributed by atoms with Crippen molar-refractivity contribution >= 4 is 16.8 Å². The van der Waals surface area contributed by atoms with Crippen molar-refractivity contribution in [3.63, 3.8) is 0 Å². The van der Waals surface area contributed by atoms with Gasteiger partial charge >= 0.3 is 0 Å². The predicted octanol–water partition coefficient (Wildman–Crippen LogP) is 5.69. The van der Waals surface area contributed by atoms with E-state index in [2.05, 4.69) is 10.3 Å². The lowest BCUT2D eigenvalue weighted by atomic mass is 9.93. The van der Waals surface area contributed by atoms with Gasteiger partial charge < -0.3 is 24.7 Å². The Morgan fingerprint density at radius 1 is 1.18 bits per heavy atom. The second-order valence-corrected chi connectivity index (χ2v) is 9.60. The molecule has 2 heterocycles. The maximum Gasteiger partial charge on any atom is 0.274 e. The molecule has 0 bridgehead atoms. The summed E-state index contributed by atoms with van der Waals surface area (Å²) < 4.78 is 48.9. The lowest BCUT2D eigenvalue weighted by Gasteiger charge is -2.22. The summed E-state index contributed by atoms with van der Waals surface area (Å²) in [7, 11) is 1.54. The number of H-pyrrole nitrogens is 1. The van der Waals surface area contributed by atoms with Crippen molar-refractivity contribution in [3.8, 4) is 22.6 Å². The van der Waals surface area contributed by atoms with E-state index in [0.717, 1.165) is 12.1 Å². The number of nitrogens with one attached hydrogen (secondary N) is 2. The summed E-state index contributed by atoms with van der Waals surface area (Å²) in [5, 5.41) is 13.8. The summed E-state index contributed by atoms with van der Waals surface area (Å²) in [6.45, 7) is 6.79. The molecule has 0 spiro atoms. The second kappa shape index (κ2) is 10.0. The largest absolute Gasteiger partial charge is 0.456 e. The SMILES string of the molecule is CCNC(=O)c1cc2c(-c3cc(C(C)(C)O)ccc3Oc3c(C)cc(F)cc3C(F)F)cn(C)c(=O)c2[nH]1. The first-order chi connectivity index (χ1) is 17.8. The van der Waals surface area contributed by atoms with Crippen LogP contribution in [0.5, 0.6) is 11.5 Å². The third kappa shape index (κ3) is 5.04. The minimum Gasteiger partial charge on any atom is -0.456 e. The second-order valence-electron chi connectivity index (χ2n) is 9.60. The minimum absolute atomic E-state index is 0.135. The smallest absolute Gasteiger partial charge is 0.274 e. The number of benzene rings is 2. The molecule has 10 heteroatoms. The Balaban J connectivity index is 2.01. The number of aromatic nitrogens is 2. The molecule has 7 nitrogen and oxygen atoms in total. The molecule has 0 aliphatic carbocycles. The number of aryl methyl sites for hydroxylation is 2. The van der Waals surface area contributed by atoms with Crippen molar-refractivity contribution in [2.45, 2.75) is 39.7 Å². The summed E-state index contributed by atoms with van der Waals surface area (Å²) in [4.78, 5) is 28.3. The van der Waals surface area contributed by atoms with Crippen LogP contribution in [0.4, 0.5) is 13.2 Å². The molecule has 2 aromatic carbocycles. The van der Waals surface area contributed by atoms with E-state index in [1.165, 1.54) is 30.7 Å². The van der Waals surface area contributed by atoms with Crippen molar-refractivity contribution in [2.75, 3.05) is 6.54 Å². The topological polar surface area (TPSA) is 96.3 Å². The van der Waals surface area contributed by atoms with Gasteiger partial charge in [0.05, 0.1) is 11.2 Å². The number of alkyl halides is 2. The molecule has 0 atom stereocenters. The van der Waals surface area contributed by atoms with Gasteiger partial charge in [-0.1, -0.05) is 6.07 Å². The van der Waals surface area contributed by atoms with Crippen LogP contribution in [0.25, 0.3) is 22.0 Å². The molecule has 0 fully saturated rings. The van der Waals surface area contributed by atoms with E-state index >= 15 is 0 Å². The highest BCUT2D eigenvalue weighted by molar-refractivity contribution is 6.03. The van der Waals surface area contributed by atoms with Gasteiger partial charge in [-0.05, 0) is 69.2 Å². The van der Waals surface area contributed by atoms with E-state index in [9.17, 15) is 27.9 Å². The number of rotatable bonds is 7. The van der Waals surface area contributed by atoms with Crippen LogP contribution in [-0.2, 0) is 12.6 Å². The van der Waals surface area contributed by atoms with E-state index in [4.69, 9.17) is 4.74 Å². The summed E-state index contributed by atoms with van der Waals surface area (Å²) >= 11 is 0. The average molecular weight is 528 g/mol. The highest BCUT2D eigenvalue weighted by Gasteiger charge is 2.25. The van der Waals surface area contributed by atoms with Crippen LogP contribution in [0.15, 0.2) is 47.4 Å². The Morgan fingerprint density at radius 3 is 2.53 bits per heavy atom. The third-order valence-corrected chi connectivity index (χ3v) is 6.24. The lowest BCUT2D eigenvalue weighted by molar-refractivity contribution is 0.0786. The number of hydrogen-bond donors (Lipinski definition) is 3. The summed E-state index contributed by atoms with van der Waals surface area (Å²) in [5.41, 5.74) is -0.435. The van der Waals surface area contributed by atoms with Gasteiger partial charge in [-0.15, -0.1) is 0 Å². The van der Waals surface area contributed by atoms with Crippen molar-refractivity contribution in [1.29, 1.82) is 0 Å². The zero-order valence-electron chi connectivity index (χ0n) is 21.6. The average Bonchev–Trinajstić information content (AvgIpc) is 3.28. The number of fused-ring (bicyclic) bond motifs is 1. The molecule has 0 aliphatic heterocycles. The molecular formula is C28H28F3N3O4. The van der Waals surface area contributed by atoms with Crippen LogP contribution in [0.1, 0.15) is 54.4 Å². The van der Waals surface area contributed by atoms with Gasteiger partial charge in [-0.25, -0.2) is 13.2 Å². The Morgan fingerprint density at radius 2 is 1.89 bits per heavy atom. The molecule has 0 aliphatic rings. The van der Waals surface area contributed by atoms with Gasteiger partial charge in [0.15, 0.2) is 0 Å². The van der Waals surface area contributed by atoms with Crippen molar-refractivity contribution in [1.82, 2.24) is 14.9 Å². The van der Waals surface area contributed by atoms with Crippen molar-refractivity contribution in [3.05, 3.63) is 81.2 Å². The fourth-order valence-corrected chi connectivity index (χ4v) is 4.30. The predicted molar refractivity (Wildman–Crippen MR) is 138 cm³/mol. The summed E-state index contributed by atoms with van der Waals surface area (Å²) in [6.07, 6.45) is -1.45. The van der Waals surface area contributed by atoms with Gasteiger partial charge in [0.2, 0.25) is 0 Å². The Hall–Kier alpha value is -4.05. The summed E-state index contributed by atoms with van der Waals surface area (Å²) in [5.74, 6) is -1.28. The number of halogens is 3. The van der Waals surface area contributed by atoms with Crippen LogP contribution in [0, 0.1) is 12.7 Å². The summed E-state index contributed by atoms with van der Waals surface area (Å²) in [6, 6.07) is 8.11. The van der Waals surface area contributed by atoms with Crippen molar-refractivity contribution < 1.29 is 27.8 Å². The molecule has 4 aromatic rings. The Kier molecular flexibility index (Phi) is 7.12. The molecule has 1 amide bonds. The maximum absolute atomic E-state index is 13.9. The van der Waals surface area contributed by atoms with Crippen LogP contribution < -0.4 is 15.6 Å². The van der Waals surface area contributed by atoms with Crippen LogP contribution >= 0.6 is 0 Å². The molecule has 4 rings (SSSR count). The van der Waals surface area contributed by atoms with Gasteiger partial charge in [0.1, 0.15) is 28.5 Å². The van der Waals surface area contributed by atoms with E-state index in [-0.39, 0.29) is 33.8 Å². The quantitative estimate of drug-likeness (QED) is 0.288. The number of aliphatic hydroxyl groups is 1. The van der Waals surface area contributed by atoms with Crippen LogP contribution in [0.2, 0.25) is 0 Å². The van der Waals surface area contributed by atoms with Gasteiger partial charge in [-0.3, -0.25) is 9.59 Å². The minimum atomic E-state index is -2.99. The number of nitrogens with zero attached hydrogens (tertiary/aromatic N) is 1.